The second-order valence-electron chi connectivity index (χ2n) is 3.52. The van der Waals surface area contributed by atoms with E-state index in [0.29, 0.717) is 18.6 Å². The number of rotatable bonds is 4. The number of nitrogens with one attached hydrogen (secondary N) is 1. The van der Waals surface area contributed by atoms with Gasteiger partial charge < -0.3 is 5.32 Å². The zero-order valence-electron chi connectivity index (χ0n) is 9.23. The van der Waals surface area contributed by atoms with Crippen LogP contribution in [0.5, 0.6) is 0 Å². The number of hydrogen-bond acceptors (Lipinski definition) is 4. The highest BCUT2D eigenvalue weighted by atomic mass is 79.9. The number of anilines is 1. The maximum Gasteiger partial charge on any atom is 0.156 e. The molecule has 0 aliphatic heterocycles. The lowest BCUT2D eigenvalue weighted by Crippen LogP contribution is -2.05. The SMILES string of the molecule is O=Cc1c(Cl)ncnc1NCc1ccc(Br)cc1. The molecule has 2 aromatic rings. The summed E-state index contributed by atoms with van der Waals surface area (Å²) >= 11 is 9.17. The first kappa shape index (κ1) is 13.0. The van der Waals surface area contributed by atoms with Crippen molar-refractivity contribution in [2.75, 3.05) is 5.32 Å². The van der Waals surface area contributed by atoms with Crippen LogP contribution in [0.4, 0.5) is 5.82 Å². The summed E-state index contributed by atoms with van der Waals surface area (Å²) in [5, 5.41) is 3.21. The van der Waals surface area contributed by atoms with Gasteiger partial charge in [0, 0.05) is 11.0 Å². The Balaban J connectivity index is 2.13. The lowest BCUT2D eigenvalue weighted by atomic mass is 10.2. The molecule has 6 heteroatoms. The highest BCUT2D eigenvalue weighted by molar-refractivity contribution is 9.10. The monoisotopic (exact) mass is 325 g/mol. The first-order chi connectivity index (χ1) is 8.70. The number of carbonyl (C=O) groups excluding carboxylic acids is 1. The average Bonchev–Trinajstić information content (AvgIpc) is 2.38. The van der Waals surface area contributed by atoms with Crippen LogP contribution in [0.1, 0.15) is 15.9 Å². The predicted octanol–water partition coefficient (Wildman–Crippen LogP) is 3.32. The van der Waals surface area contributed by atoms with Crippen molar-refractivity contribution in [2.45, 2.75) is 6.54 Å². The molecule has 0 saturated heterocycles. The second kappa shape index (κ2) is 5.93. The van der Waals surface area contributed by atoms with E-state index in [2.05, 4.69) is 31.2 Å². The Bertz CT molecular complexity index is 560. The molecule has 1 heterocycles. The van der Waals surface area contributed by atoms with Gasteiger partial charge in [-0.15, -0.1) is 0 Å². The maximum atomic E-state index is 10.9. The molecule has 1 aromatic carbocycles. The van der Waals surface area contributed by atoms with Crippen LogP contribution in [0, 0.1) is 0 Å². The van der Waals surface area contributed by atoms with E-state index in [1.54, 1.807) is 0 Å². The van der Waals surface area contributed by atoms with Gasteiger partial charge in [-0.3, -0.25) is 4.79 Å². The van der Waals surface area contributed by atoms with Crippen LogP contribution in [0.25, 0.3) is 0 Å². The van der Waals surface area contributed by atoms with E-state index in [4.69, 9.17) is 11.6 Å². The highest BCUT2D eigenvalue weighted by Crippen LogP contribution is 2.18. The molecule has 0 radical (unpaired) electrons. The zero-order valence-corrected chi connectivity index (χ0v) is 11.6. The fourth-order valence-electron chi connectivity index (χ4n) is 1.41. The molecule has 0 spiro atoms. The molecule has 0 unspecified atom stereocenters. The Morgan fingerprint density at radius 1 is 1.28 bits per heavy atom. The summed E-state index contributed by atoms with van der Waals surface area (Å²) in [6, 6.07) is 7.84. The third-order valence-corrected chi connectivity index (χ3v) is 3.16. The van der Waals surface area contributed by atoms with Gasteiger partial charge in [-0.2, -0.15) is 0 Å². The first-order valence-electron chi connectivity index (χ1n) is 5.14. The van der Waals surface area contributed by atoms with Gasteiger partial charge in [0.1, 0.15) is 17.3 Å². The lowest BCUT2D eigenvalue weighted by Gasteiger charge is -2.08. The highest BCUT2D eigenvalue weighted by Gasteiger charge is 2.08. The number of carbonyl (C=O) groups is 1. The molecule has 0 fully saturated rings. The molecule has 1 N–H and O–H groups in total. The van der Waals surface area contributed by atoms with Crippen molar-refractivity contribution < 1.29 is 4.79 Å². The number of halogens is 2. The standard InChI is InChI=1S/C12H9BrClN3O/c13-9-3-1-8(2-4-9)5-15-12-10(6-18)11(14)16-7-17-12/h1-4,6-7H,5H2,(H,15,16,17). The molecular weight excluding hydrogens is 318 g/mol. The number of aromatic nitrogens is 2. The number of nitrogens with zero attached hydrogens (tertiary/aromatic N) is 2. The van der Waals surface area contributed by atoms with Gasteiger partial charge in [0.15, 0.2) is 6.29 Å². The number of hydrogen-bond donors (Lipinski definition) is 1. The zero-order chi connectivity index (χ0) is 13.0. The fraction of sp³-hybridized carbons (Fsp3) is 0.0833. The Morgan fingerprint density at radius 3 is 2.67 bits per heavy atom. The number of benzene rings is 1. The van der Waals surface area contributed by atoms with E-state index in [1.165, 1.54) is 6.33 Å². The van der Waals surface area contributed by atoms with Gasteiger partial charge in [0.2, 0.25) is 0 Å². The smallest absolute Gasteiger partial charge is 0.156 e. The van der Waals surface area contributed by atoms with Gasteiger partial charge in [0.05, 0.1) is 5.56 Å². The third kappa shape index (κ3) is 3.05. The fourth-order valence-corrected chi connectivity index (χ4v) is 1.85. The van der Waals surface area contributed by atoms with Crippen LogP contribution in [0.2, 0.25) is 5.15 Å². The van der Waals surface area contributed by atoms with Crippen LogP contribution in [0.3, 0.4) is 0 Å². The minimum Gasteiger partial charge on any atom is -0.365 e. The Morgan fingerprint density at radius 2 is 2.00 bits per heavy atom. The lowest BCUT2D eigenvalue weighted by molar-refractivity contribution is 0.112. The van der Waals surface area contributed by atoms with Crippen molar-refractivity contribution in [1.82, 2.24) is 9.97 Å². The van der Waals surface area contributed by atoms with Gasteiger partial charge in [-0.05, 0) is 17.7 Å². The summed E-state index contributed by atoms with van der Waals surface area (Å²) in [6.07, 6.45) is 1.96. The van der Waals surface area contributed by atoms with Crippen molar-refractivity contribution in [3.63, 3.8) is 0 Å². The molecule has 2 rings (SSSR count). The third-order valence-electron chi connectivity index (χ3n) is 2.33. The number of aldehydes is 1. The minimum absolute atomic E-state index is 0.151. The van der Waals surface area contributed by atoms with Crippen LogP contribution in [-0.2, 0) is 6.54 Å². The average molecular weight is 327 g/mol. The molecule has 0 saturated carbocycles. The molecule has 1 aromatic heterocycles. The summed E-state index contributed by atoms with van der Waals surface area (Å²) in [6.45, 7) is 0.557. The van der Waals surface area contributed by atoms with Gasteiger partial charge in [0.25, 0.3) is 0 Å². The Hall–Kier alpha value is -1.46. The molecular formula is C12H9BrClN3O. The minimum atomic E-state index is 0.151. The van der Waals surface area contributed by atoms with Crippen molar-refractivity contribution in [3.05, 3.63) is 51.3 Å². The summed E-state index contributed by atoms with van der Waals surface area (Å²) < 4.78 is 1.02. The topological polar surface area (TPSA) is 54.9 Å². The molecule has 0 aliphatic rings. The molecule has 18 heavy (non-hydrogen) atoms. The van der Waals surface area contributed by atoms with E-state index in [-0.39, 0.29) is 10.7 Å². The molecule has 0 bridgehead atoms. The van der Waals surface area contributed by atoms with E-state index in [0.717, 1.165) is 10.0 Å². The first-order valence-corrected chi connectivity index (χ1v) is 6.32. The summed E-state index contributed by atoms with van der Waals surface area (Å²) in [5.74, 6) is 0.438. The largest absolute Gasteiger partial charge is 0.365 e. The van der Waals surface area contributed by atoms with Gasteiger partial charge >= 0.3 is 0 Å². The van der Waals surface area contributed by atoms with Crippen molar-refractivity contribution in [3.8, 4) is 0 Å². The summed E-state index contributed by atoms with van der Waals surface area (Å²) in [5.41, 5.74) is 1.35. The van der Waals surface area contributed by atoms with Crippen LogP contribution < -0.4 is 5.32 Å². The molecule has 0 amide bonds. The normalized spacial score (nSPS) is 10.1. The van der Waals surface area contributed by atoms with Crippen LogP contribution in [0.15, 0.2) is 35.1 Å². The van der Waals surface area contributed by atoms with Gasteiger partial charge in [-0.25, -0.2) is 9.97 Å². The molecule has 4 nitrogen and oxygen atoms in total. The van der Waals surface area contributed by atoms with Crippen LogP contribution >= 0.6 is 27.5 Å². The van der Waals surface area contributed by atoms with Gasteiger partial charge in [-0.1, -0.05) is 39.7 Å². The van der Waals surface area contributed by atoms with E-state index < -0.39 is 0 Å². The van der Waals surface area contributed by atoms with Crippen LogP contribution in [-0.4, -0.2) is 16.3 Å². The maximum absolute atomic E-state index is 10.9. The van der Waals surface area contributed by atoms with E-state index in [1.807, 2.05) is 24.3 Å². The van der Waals surface area contributed by atoms with Crippen molar-refractivity contribution in [2.24, 2.45) is 0 Å². The Labute approximate surface area is 118 Å². The second-order valence-corrected chi connectivity index (χ2v) is 4.80. The molecule has 92 valence electrons. The quantitative estimate of drug-likeness (QED) is 0.692. The van der Waals surface area contributed by atoms with Crippen molar-refractivity contribution in [1.29, 1.82) is 0 Å². The summed E-state index contributed by atoms with van der Waals surface area (Å²) in [4.78, 5) is 18.6. The van der Waals surface area contributed by atoms with E-state index in [9.17, 15) is 4.79 Å². The molecule has 0 aliphatic carbocycles. The summed E-state index contributed by atoms with van der Waals surface area (Å²) in [7, 11) is 0. The Kier molecular flexibility index (Phi) is 4.28. The molecule has 0 atom stereocenters. The van der Waals surface area contributed by atoms with Crippen molar-refractivity contribution >= 4 is 39.6 Å². The van der Waals surface area contributed by atoms with E-state index >= 15 is 0 Å². The predicted molar refractivity (Wildman–Crippen MR) is 73.9 cm³/mol.